The Hall–Kier alpha value is -2.76. The summed E-state index contributed by atoms with van der Waals surface area (Å²) in [4.78, 5) is 25.5. The van der Waals surface area contributed by atoms with Gasteiger partial charge < -0.3 is 20.0 Å². The highest BCUT2D eigenvalue weighted by Gasteiger charge is 2.23. The van der Waals surface area contributed by atoms with E-state index in [0.29, 0.717) is 23.8 Å². The molecule has 1 heterocycles. The number of furan rings is 1. The SMILES string of the molecule is CN(Cc1ccco1)C(=O)Nc1ccc(C(=O)NC2CC2)cc1. The van der Waals surface area contributed by atoms with Gasteiger partial charge in [0.1, 0.15) is 5.76 Å². The largest absolute Gasteiger partial charge is 0.467 e. The van der Waals surface area contributed by atoms with E-state index in [0.717, 1.165) is 18.6 Å². The standard InChI is InChI=1S/C17H19N3O3/c1-20(11-15-3-2-10-23-15)17(22)19-14-6-4-12(5-7-14)16(21)18-13-8-9-13/h2-7,10,13H,8-9,11H2,1H3,(H,18,21)(H,19,22). The molecular weight excluding hydrogens is 294 g/mol. The number of anilines is 1. The normalized spacial score (nSPS) is 13.4. The van der Waals surface area contributed by atoms with Gasteiger partial charge in [-0.3, -0.25) is 4.79 Å². The molecule has 0 unspecified atom stereocenters. The monoisotopic (exact) mass is 313 g/mol. The lowest BCUT2D eigenvalue weighted by molar-refractivity contribution is 0.0951. The van der Waals surface area contributed by atoms with E-state index in [1.165, 1.54) is 4.90 Å². The summed E-state index contributed by atoms with van der Waals surface area (Å²) in [6.07, 6.45) is 3.69. The van der Waals surface area contributed by atoms with Gasteiger partial charge in [-0.1, -0.05) is 0 Å². The molecule has 0 radical (unpaired) electrons. The number of nitrogens with one attached hydrogen (secondary N) is 2. The summed E-state index contributed by atoms with van der Waals surface area (Å²) in [6.45, 7) is 0.390. The predicted molar refractivity (Wildman–Crippen MR) is 86.1 cm³/mol. The van der Waals surface area contributed by atoms with Crippen LogP contribution in [0.25, 0.3) is 0 Å². The predicted octanol–water partition coefficient (Wildman–Crippen LogP) is 2.84. The molecular formula is C17H19N3O3. The van der Waals surface area contributed by atoms with Crippen LogP contribution in [0.15, 0.2) is 47.1 Å². The van der Waals surface area contributed by atoms with Crippen molar-refractivity contribution in [1.82, 2.24) is 10.2 Å². The molecule has 3 amide bonds. The van der Waals surface area contributed by atoms with E-state index < -0.39 is 0 Å². The summed E-state index contributed by atoms with van der Waals surface area (Å²) in [5.41, 5.74) is 1.24. The summed E-state index contributed by atoms with van der Waals surface area (Å²) in [6, 6.07) is 10.6. The molecule has 2 aromatic rings. The molecule has 2 N–H and O–H groups in total. The lowest BCUT2D eigenvalue weighted by atomic mass is 10.2. The van der Waals surface area contributed by atoms with Crippen LogP contribution in [0.5, 0.6) is 0 Å². The average molecular weight is 313 g/mol. The van der Waals surface area contributed by atoms with Gasteiger partial charge in [0.05, 0.1) is 12.8 Å². The summed E-state index contributed by atoms with van der Waals surface area (Å²) < 4.78 is 5.22. The van der Waals surface area contributed by atoms with Crippen molar-refractivity contribution < 1.29 is 14.0 Å². The zero-order chi connectivity index (χ0) is 16.2. The summed E-state index contributed by atoms with van der Waals surface area (Å²) in [5.74, 6) is 0.648. The molecule has 1 aromatic heterocycles. The van der Waals surface area contributed by atoms with Crippen molar-refractivity contribution >= 4 is 17.6 Å². The van der Waals surface area contributed by atoms with E-state index in [2.05, 4.69) is 10.6 Å². The third-order valence-corrected chi connectivity index (χ3v) is 3.63. The molecule has 1 fully saturated rings. The van der Waals surface area contributed by atoms with Gasteiger partial charge in [0.25, 0.3) is 5.91 Å². The Kier molecular flexibility index (Phi) is 4.32. The van der Waals surface area contributed by atoms with Crippen molar-refractivity contribution in [2.45, 2.75) is 25.4 Å². The minimum Gasteiger partial charge on any atom is -0.467 e. The van der Waals surface area contributed by atoms with E-state index >= 15 is 0 Å². The Bertz CT molecular complexity index is 676. The average Bonchev–Trinajstić information content (AvgIpc) is 3.21. The minimum absolute atomic E-state index is 0.0692. The lowest BCUT2D eigenvalue weighted by Crippen LogP contribution is -2.30. The number of nitrogens with zero attached hydrogens (tertiary/aromatic N) is 1. The highest BCUT2D eigenvalue weighted by molar-refractivity contribution is 5.95. The van der Waals surface area contributed by atoms with Gasteiger partial charge in [0.15, 0.2) is 0 Å². The van der Waals surface area contributed by atoms with Gasteiger partial charge in [0.2, 0.25) is 0 Å². The molecule has 0 bridgehead atoms. The summed E-state index contributed by atoms with van der Waals surface area (Å²) in [7, 11) is 1.69. The van der Waals surface area contributed by atoms with Crippen LogP contribution in [0.1, 0.15) is 29.0 Å². The molecule has 120 valence electrons. The quantitative estimate of drug-likeness (QED) is 0.891. The maximum Gasteiger partial charge on any atom is 0.321 e. The number of amides is 3. The Morgan fingerprint density at radius 2 is 1.96 bits per heavy atom. The third-order valence-electron chi connectivity index (χ3n) is 3.63. The molecule has 0 saturated heterocycles. The van der Waals surface area contributed by atoms with E-state index in [1.54, 1.807) is 43.6 Å². The minimum atomic E-state index is -0.239. The molecule has 1 aliphatic rings. The third kappa shape index (κ3) is 4.12. The number of benzene rings is 1. The molecule has 6 heteroatoms. The second-order valence-corrected chi connectivity index (χ2v) is 5.69. The van der Waals surface area contributed by atoms with E-state index in [-0.39, 0.29) is 11.9 Å². The molecule has 0 atom stereocenters. The fourth-order valence-corrected chi connectivity index (χ4v) is 2.13. The fraction of sp³-hybridized carbons (Fsp3) is 0.294. The number of carbonyl (C=O) groups excluding carboxylic acids is 2. The zero-order valence-corrected chi connectivity index (χ0v) is 12.9. The van der Waals surface area contributed by atoms with Gasteiger partial charge in [-0.2, -0.15) is 0 Å². The summed E-state index contributed by atoms with van der Waals surface area (Å²) in [5, 5.41) is 5.72. The highest BCUT2D eigenvalue weighted by Crippen LogP contribution is 2.19. The van der Waals surface area contributed by atoms with Crippen molar-refractivity contribution in [1.29, 1.82) is 0 Å². The van der Waals surface area contributed by atoms with Crippen molar-refractivity contribution in [3.05, 3.63) is 54.0 Å². The lowest BCUT2D eigenvalue weighted by Gasteiger charge is -2.16. The molecule has 0 aliphatic heterocycles. The van der Waals surface area contributed by atoms with Gasteiger partial charge in [-0.15, -0.1) is 0 Å². The second kappa shape index (κ2) is 6.56. The number of hydrogen-bond donors (Lipinski definition) is 2. The van der Waals surface area contributed by atoms with Gasteiger partial charge >= 0.3 is 6.03 Å². The first kappa shape index (κ1) is 15.1. The smallest absolute Gasteiger partial charge is 0.321 e. The van der Waals surface area contributed by atoms with Crippen molar-refractivity contribution in [3.8, 4) is 0 Å². The number of hydrogen-bond acceptors (Lipinski definition) is 3. The van der Waals surface area contributed by atoms with Crippen LogP contribution in [-0.2, 0) is 6.54 Å². The van der Waals surface area contributed by atoms with Crippen LogP contribution in [0.3, 0.4) is 0 Å². The maximum atomic E-state index is 12.1. The van der Waals surface area contributed by atoms with Crippen molar-refractivity contribution in [2.24, 2.45) is 0 Å². The number of carbonyl (C=O) groups is 2. The second-order valence-electron chi connectivity index (χ2n) is 5.69. The fourth-order valence-electron chi connectivity index (χ4n) is 2.13. The topological polar surface area (TPSA) is 74.6 Å². The van der Waals surface area contributed by atoms with Crippen LogP contribution < -0.4 is 10.6 Å². The Labute approximate surface area is 134 Å². The van der Waals surface area contributed by atoms with Crippen LogP contribution in [0, 0.1) is 0 Å². The maximum absolute atomic E-state index is 12.1. The zero-order valence-electron chi connectivity index (χ0n) is 12.9. The molecule has 1 aliphatic carbocycles. The first-order chi connectivity index (χ1) is 11.1. The van der Waals surface area contributed by atoms with Crippen LogP contribution in [0.4, 0.5) is 10.5 Å². The first-order valence-electron chi connectivity index (χ1n) is 7.57. The van der Waals surface area contributed by atoms with Gasteiger partial charge in [-0.05, 0) is 49.2 Å². The molecule has 3 rings (SSSR count). The highest BCUT2D eigenvalue weighted by atomic mass is 16.3. The van der Waals surface area contributed by atoms with E-state index in [4.69, 9.17) is 4.42 Å². The molecule has 23 heavy (non-hydrogen) atoms. The molecule has 0 spiro atoms. The molecule has 6 nitrogen and oxygen atoms in total. The molecule has 1 aromatic carbocycles. The van der Waals surface area contributed by atoms with Crippen LogP contribution in [-0.4, -0.2) is 29.9 Å². The number of rotatable bonds is 5. The number of urea groups is 1. The Morgan fingerprint density at radius 3 is 2.57 bits per heavy atom. The van der Waals surface area contributed by atoms with Crippen LogP contribution >= 0.6 is 0 Å². The van der Waals surface area contributed by atoms with Crippen molar-refractivity contribution in [3.63, 3.8) is 0 Å². The Balaban J connectivity index is 1.54. The van der Waals surface area contributed by atoms with Gasteiger partial charge in [-0.25, -0.2) is 4.79 Å². The Morgan fingerprint density at radius 1 is 1.22 bits per heavy atom. The van der Waals surface area contributed by atoms with Gasteiger partial charge in [0, 0.05) is 24.3 Å². The molecule has 1 saturated carbocycles. The summed E-state index contributed by atoms with van der Waals surface area (Å²) >= 11 is 0. The van der Waals surface area contributed by atoms with Crippen LogP contribution in [0.2, 0.25) is 0 Å². The van der Waals surface area contributed by atoms with Crippen molar-refractivity contribution in [2.75, 3.05) is 12.4 Å². The first-order valence-corrected chi connectivity index (χ1v) is 7.57. The van der Waals surface area contributed by atoms with E-state index in [9.17, 15) is 9.59 Å². The van der Waals surface area contributed by atoms with E-state index in [1.807, 2.05) is 6.07 Å².